The molecule has 1 saturated carbocycles. The monoisotopic (exact) mass is 278 g/mol. The van der Waals surface area contributed by atoms with E-state index in [0.717, 1.165) is 6.42 Å². The molecular formula is C15H22N2O3. The Bertz CT molecular complexity index is 481. The van der Waals surface area contributed by atoms with Crippen molar-refractivity contribution in [2.75, 3.05) is 6.54 Å². The predicted molar refractivity (Wildman–Crippen MR) is 75.5 cm³/mol. The summed E-state index contributed by atoms with van der Waals surface area (Å²) in [5.41, 5.74) is 0.413. The molecule has 0 saturated heterocycles. The number of amides is 1. The summed E-state index contributed by atoms with van der Waals surface area (Å²) in [7, 11) is 0. The van der Waals surface area contributed by atoms with Crippen molar-refractivity contribution >= 4 is 11.9 Å². The summed E-state index contributed by atoms with van der Waals surface area (Å²) < 4.78 is 1.46. The van der Waals surface area contributed by atoms with E-state index in [-0.39, 0.29) is 12.5 Å². The number of nitrogens with zero attached hydrogens (tertiary/aromatic N) is 1. The van der Waals surface area contributed by atoms with Crippen LogP contribution in [0.2, 0.25) is 0 Å². The molecule has 1 aromatic rings. The number of hydrogen-bond acceptors (Lipinski definition) is 2. The molecule has 5 heteroatoms. The van der Waals surface area contributed by atoms with Crippen LogP contribution in [0.1, 0.15) is 43.1 Å². The first-order valence-electron chi connectivity index (χ1n) is 7.23. The molecule has 1 aromatic heterocycles. The molecule has 110 valence electrons. The standard InChI is InChI=1S/C15H22N2O3/c1-11-5-2-3-6-12(11)9-16-15(20)13-7-4-8-17(13)10-14(18)19/h4,7-8,11-12H,2-3,5-6,9-10H2,1H3,(H,16,20)(H,18,19). The quantitative estimate of drug-likeness (QED) is 0.866. The van der Waals surface area contributed by atoms with Crippen LogP contribution in [0.4, 0.5) is 0 Å². The largest absolute Gasteiger partial charge is 0.480 e. The van der Waals surface area contributed by atoms with Crippen LogP contribution < -0.4 is 5.32 Å². The Hall–Kier alpha value is -1.78. The van der Waals surface area contributed by atoms with Gasteiger partial charge in [0.25, 0.3) is 5.91 Å². The third-order valence-electron chi connectivity index (χ3n) is 4.18. The fourth-order valence-electron chi connectivity index (χ4n) is 2.91. The van der Waals surface area contributed by atoms with E-state index < -0.39 is 5.97 Å². The lowest BCUT2D eigenvalue weighted by atomic mass is 9.80. The van der Waals surface area contributed by atoms with Crippen molar-refractivity contribution in [1.82, 2.24) is 9.88 Å². The number of carbonyl (C=O) groups is 2. The van der Waals surface area contributed by atoms with Gasteiger partial charge in [-0.1, -0.05) is 26.2 Å². The number of aliphatic carboxylic acids is 1. The highest BCUT2D eigenvalue weighted by atomic mass is 16.4. The highest BCUT2D eigenvalue weighted by Crippen LogP contribution is 2.28. The molecule has 2 unspecified atom stereocenters. The maximum absolute atomic E-state index is 12.1. The zero-order valence-corrected chi connectivity index (χ0v) is 11.8. The normalized spacial score (nSPS) is 22.4. The third kappa shape index (κ3) is 3.62. The first-order chi connectivity index (χ1) is 9.58. The van der Waals surface area contributed by atoms with Gasteiger partial charge < -0.3 is 15.0 Å². The number of aromatic nitrogens is 1. The van der Waals surface area contributed by atoms with E-state index in [0.29, 0.717) is 24.1 Å². The van der Waals surface area contributed by atoms with Crippen molar-refractivity contribution in [3.05, 3.63) is 24.0 Å². The molecule has 0 aromatic carbocycles. The average Bonchev–Trinajstić information content (AvgIpc) is 2.85. The number of nitrogens with one attached hydrogen (secondary N) is 1. The van der Waals surface area contributed by atoms with Crippen LogP contribution in [-0.2, 0) is 11.3 Å². The van der Waals surface area contributed by atoms with E-state index in [1.165, 1.54) is 23.8 Å². The molecule has 20 heavy (non-hydrogen) atoms. The zero-order valence-electron chi connectivity index (χ0n) is 11.8. The molecule has 5 nitrogen and oxygen atoms in total. The number of carboxylic acid groups (broad SMARTS) is 1. The van der Waals surface area contributed by atoms with Crippen LogP contribution in [0.3, 0.4) is 0 Å². The molecule has 2 N–H and O–H groups in total. The minimum absolute atomic E-state index is 0.185. The average molecular weight is 278 g/mol. The van der Waals surface area contributed by atoms with Gasteiger partial charge in [-0.25, -0.2) is 0 Å². The molecule has 1 amide bonds. The number of carboxylic acids is 1. The van der Waals surface area contributed by atoms with Gasteiger partial charge in [0.15, 0.2) is 0 Å². The fraction of sp³-hybridized carbons (Fsp3) is 0.600. The number of rotatable bonds is 5. The van der Waals surface area contributed by atoms with Gasteiger partial charge in [-0.15, -0.1) is 0 Å². The minimum atomic E-state index is -0.948. The van der Waals surface area contributed by atoms with Gasteiger partial charge in [-0.2, -0.15) is 0 Å². The second-order valence-electron chi connectivity index (χ2n) is 5.65. The van der Waals surface area contributed by atoms with Gasteiger partial charge in [0, 0.05) is 12.7 Å². The second-order valence-corrected chi connectivity index (χ2v) is 5.65. The summed E-state index contributed by atoms with van der Waals surface area (Å²) in [6.07, 6.45) is 6.53. The van der Waals surface area contributed by atoms with Gasteiger partial charge in [0.2, 0.25) is 0 Å². The lowest BCUT2D eigenvalue weighted by Crippen LogP contribution is -2.34. The van der Waals surface area contributed by atoms with E-state index in [1.807, 2.05) is 0 Å². The Balaban J connectivity index is 1.91. The summed E-state index contributed by atoms with van der Waals surface area (Å²) >= 11 is 0. The lowest BCUT2D eigenvalue weighted by Gasteiger charge is -2.28. The van der Waals surface area contributed by atoms with Crippen molar-refractivity contribution < 1.29 is 14.7 Å². The van der Waals surface area contributed by atoms with Crippen LogP contribution >= 0.6 is 0 Å². The van der Waals surface area contributed by atoms with E-state index in [1.54, 1.807) is 18.3 Å². The molecule has 0 bridgehead atoms. The molecule has 1 fully saturated rings. The van der Waals surface area contributed by atoms with Crippen molar-refractivity contribution in [3.63, 3.8) is 0 Å². The maximum Gasteiger partial charge on any atom is 0.323 e. The Labute approximate surface area is 119 Å². The van der Waals surface area contributed by atoms with Crippen molar-refractivity contribution in [1.29, 1.82) is 0 Å². The Kier molecular flexibility index (Phi) is 4.82. The topological polar surface area (TPSA) is 71.3 Å². The van der Waals surface area contributed by atoms with E-state index >= 15 is 0 Å². The Morgan fingerprint density at radius 1 is 1.40 bits per heavy atom. The maximum atomic E-state index is 12.1. The van der Waals surface area contributed by atoms with Crippen LogP contribution in [0.5, 0.6) is 0 Å². The molecule has 0 aliphatic heterocycles. The minimum Gasteiger partial charge on any atom is -0.480 e. The molecule has 1 aliphatic carbocycles. The van der Waals surface area contributed by atoms with Gasteiger partial charge in [0.1, 0.15) is 12.2 Å². The lowest BCUT2D eigenvalue weighted by molar-refractivity contribution is -0.137. The smallest absolute Gasteiger partial charge is 0.323 e. The summed E-state index contributed by atoms with van der Waals surface area (Å²) in [5, 5.41) is 11.8. The van der Waals surface area contributed by atoms with Gasteiger partial charge >= 0.3 is 5.97 Å². The highest BCUT2D eigenvalue weighted by molar-refractivity contribution is 5.93. The summed E-state index contributed by atoms with van der Waals surface area (Å²) in [6.45, 7) is 2.73. The molecular weight excluding hydrogens is 256 g/mol. The van der Waals surface area contributed by atoms with Crippen molar-refractivity contribution in [2.45, 2.75) is 39.2 Å². The molecule has 0 spiro atoms. The Morgan fingerprint density at radius 3 is 2.85 bits per heavy atom. The summed E-state index contributed by atoms with van der Waals surface area (Å²) in [5.74, 6) is 0.0515. The zero-order chi connectivity index (χ0) is 14.5. The van der Waals surface area contributed by atoms with E-state index in [2.05, 4.69) is 12.2 Å². The first kappa shape index (κ1) is 14.6. The van der Waals surface area contributed by atoms with Crippen LogP contribution in [-0.4, -0.2) is 28.1 Å². The summed E-state index contributed by atoms with van der Waals surface area (Å²) in [6, 6.07) is 3.35. The molecule has 0 radical (unpaired) electrons. The highest BCUT2D eigenvalue weighted by Gasteiger charge is 2.22. The second kappa shape index (κ2) is 6.59. The third-order valence-corrected chi connectivity index (χ3v) is 4.18. The van der Waals surface area contributed by atoms with Crippen LogP contribution in [0.15, 0.2) is 18.3 Å². The van der Waals surface area contributed by atoms with Gasteiger partial charge in [-0.3, -0.25) is 9.59 Å². The number of hydrogen-bond donors (Lipinski definition) is 2. The first-order valence-corrected chi connectivity index (χ1v) is 7.23. The van der Waals surface area contributed by atoms with Crippen molar-refractivity contribution in [3.8, 4) is 0 Å². The van der Waals surface area contributed by atoms with Crippen LogP contribution in [0.25, 0.3) is 0 Å². The molecule has 2 atom stereocenters. The fourth-order valence-corrected chi connectivity index (χ4v) is 2.91. The molecule has 2 rings (SSSR count). The van der Waals surface area contributed by atoms with Gasteiger partial charge in [0.05, 0.1) is 0 Å². The van der Waals surface area contributed by atoms with Crippen LogP contribution in [0, 0.1) is 11.8 Å². The molecule has 1 heterocycles. The van der Waals surface area contributed by atoms with Crippen molar-refractivity contribution in [2.24, 2.45) is 11.8 Å². The van der Waals surface area contributed by atoms with E-state index in [4.69, 9.17) is 5.11 Å². The SMILES string of the molecule is CC1CCCCC1CNC(=O)c1cccn1CC(=O)O. The summed E-state index contributed by atoms with van der Waals surface area (Å²) in [4.78, 5) is 22.9. The number of carbonyl (C=O) groups excluding carboxylic acids is 1. The molecule has 1 aliphatic rings. The van der Waals surface area contributed by atoms with Gasteiger partial charge in [-0.05, 0) is 30.4 Å². The predicted octanol–water partition coefficient (Wildman–Crippen LogP) is 2.13. The Morgan fingerprint density at radius 2 is 2.15 bits per heavy atom. The van der Waals surface area contributed by atoms with E-state index in [9.17, 15) is 9.59 Å².